The molecule has 2 aromatic carbocycles. The molecule has 1 amide bonds. The van der Waals surface area contributed by atoms with E-state index in [-0.39, 0.29) is 5.91 Å². The van der Waals surface area contributed by atoms with Crippen LogP contribution in [0.5, 0.6) is 0 Å². The summed E-state index contributed by atoms with van der Waals surface area (Å²) in [5, 5.41) is 7.27. The largest absolute Gasteiger partial charge is 0.369 e. The van der Waals surface area contributed by atoms with Crippen LogP contribution in [0.4, 0.5) is 5.69 Å². The lowest BCUT2D eigenvalue weighted by atomic mass is 10.1. The SMILES string of the molecule is CN1CCN(c2ccc(-c3cc(-c4cccc(C(=O)NCC5CC5)c4)on3)cc2)CC1. The number of piperazine rings is 1. The summed E-state index contributed by atoms with van der Waals surface area (Å²) in [6.45, 7) is 5.04. The van der Waals surface area contributed by atoms with Crippen LogP contribution in [0.1, 0.15) is 23.2 Å². The molecule has 2 heterocycles. The first kappa shape index (κ1) is 19.8. The number of rotatable bonds is 6. The summed E-state index contributed by atoms with van der Waals surface area (Å²) < 4.78 is 5.61. The van der Waals surface area contributed by atoms with E-state index in [0.717, 1.165) is 49.5 Å². The Morgan fingerprint density at radius 3 is 2.55 bits per heavy atom. The number of hydrogen-bond acceptors (Lipinski definition) is 5. The van der Waals surface area contributed by atoms with Gasteiger partial charge in [0.1, 0.15) is 5.69 Å². The van der Waals surface area contributed by atoms with Gasteiger partial charge in [0.25, 0.3) is 5.91 Å². The van der Waals surface area contributed by atoms with Gasteiger partial charge in [0.15, 0.2) is 5.76 Å². The second-order valence-electron chi connectivity index (χ2n) is 8.65. The van der Waals surface area contributed by atoms with Crippen molar-refractivity contribution in [3.05, 3.63) is 60.2 Å². The van der Waals surface area contributed by atoms with Crippen molar-refractivity contribution < 1.29 is 9.32 Å². The van der Waals surface area contributed by atoms with Gasteiger partial charge in [0.2, 0.25) is 0 Å². The lowest BCUT2D eigenvalue weighted by Gasteiger charge is -2.34. The molecule has 31 heavy (non-hydrogen) atoms. The molecule has 6 heteroatoms. The summed E-state index contributed by atoms with van der Waals surface area (Å²) in [6, 6.07) is 18.0. The van der Waals surface area contributed by atoms with Crippen LogP contribution < -0.4 is 10.2 Å². The second kappa shape index (κ2) is 8.55. The van der Waals surface area contributed by atoms with Crippen LogP contribution in [0.2, 0.25) is 0 Å². The molecule has 1 aliphatic carbocycles. The minimum Gasteiger partial charge on any atom is -0.369 e. The first-order valence-electron chi connectivity index (χ1n) is 11.0. The van der Waals surface area contributed by atoms with Gasteiger partial charge in [-0.3, -0.25) is 4.79 Å². The Kier molecular flexibility index (Phi) is 5.47. The number of hydrogen-bond donors (Lipinski definition) is 1. The van der Waals surface area contributed by atoms with E-state index in [1.54, 1.807) is 0 Å². The van der Waals surface area contributed by atoms with Gasteiger partial charge >= 0.3 is 0 Å². The van der Waals surface area contributed by atoms with Crippen LogP contribution in [0.25, 0.3) is 22.6 Å². The average molecular weight is 417 g/mol. The van der Waals surface area contributed by atoms with Gasteiger partial charge in [-0.1, -0.05) is 29.4 Å². The van der Waals surface area contributed by atoms with E-state index in [0.29, 0.717) is 17.2 Å². The topological polar surface area (TPSA) is 61.6 Å². The number of amides is 1. The Labute approximate surface area is 182 Å². The van der Waals surface area contributed by atoms with Crippen LogP contribution in [0, 0.1) is 5.92 Å². The summed E-state index contributed by atoms with van der Waals surface area (Å²) in [7, 11) is 2.17. The van der Waals surface area contributed by atoms with E-state index in [4.69, 9.17) is 4.52 Å². The van der Waals surface area contributed by atoms with Crippen LogP contribution in [0.3, 0.4) is 0 Å². The Bertz CT molecular complexity index is 1050. The predicted molar refractivity (Wildman–Crippen MR) is 122 cm³/mol. The van der Waals surface area contributed by atoms with Crippen molar-refractivity contribution in [1.29, 1.82) is 0 Å². The van der Waals surface area contributed by atoms with Crippen LogP contribution in [0.15, 0.2) is 59.1 Å². The molecule has 160 valence electrons. The molecule has 6 nitrogen and oxygen atoms in total. The highest BCUT2D eigenvalue weighted by atomic mass is 16.5. The molecule has 0 spiro atoms. The summed E-state index contributed by atoms with van der Waals surface area (Å²) in [6.07, 6.45) is 2.44. The number of aromatic nitrogens is 1. The van der Waals surface area contributed by atoms with Gasteiger partial charge in [0, 0.05) is 61.2 Å². The zero-order valence-electron chi connectivity index (χ0n) is 17.9. The molecule has 0 radical (unpaired) electrons. The molecule has 0 unspecified atom stereocenters. The van der Waals surface area contributed by atoms with Crippen molar-refractivity contribution in [2.24, 2.45) is 5.92 Å². The molecule has 1 aromatic heterocycles. The molecule has 0 bridgehead atoms. The standard InChI is InChI=1S/C25H28N4O2/c1-28-11-13-29(14-12-28)22-9-7-19(8-10-22)23-16-24(31-27-23)20-3-2-4-21(15-20)25(30)26-17-18-5-6-18/h2-4,7-10,15-16,18H,5-6,11-14,17H2,1H3,(H,26,30). The van der Waals surface area contributed by atoms with Gasteiger partial charge in [0.05, 0.1) is 0 Å². The van der Waals surface area contributed by atoms with Crippen molar-refractivity contribution in [2.75, 3.05) is 44.7 Å². The van der Waals surface area contributed by atoms with E-state index in [2.05, 4.69) is 51.6 Å². The summed E-state index contributed by atoms with van der Waals surface area (Å²) in [5.41, 5.74) is 4.56. The van der Waals surface area contributed by atoms with Crippen molar-refractivity contribution in [1.82, 2.24) is 15.4 Å². The Morgan fingerprint density at radius 2 is 1.81 bits per heavy atom. The van der Waals surface area contributed by atoms with Crippen molar-refractivity contribution in [3.63, 3.8) is 0 Å². The number of carbonyl (C=O) groups excluding carboxylic acids is 1. The Morgan fingerprint density at radius 1 is 1.03 bits per heavy atom. The average Bonchev–Trinajstić information content (AvgIpc) is 3.51. The fraction of sp³-hybridized carbons (Fsp3) is 0.360. The molecule has 5 rings (SSSR count). The third kappa shape index (κ3) is 4.64. The molecule has 1 saturated carbocycles. The van der Waals surface area contributed by atoms with Gasteiger partial charge in [-0.25, -0.2) is 0 Å². The Balaban J connectivity index is 1.28. The number of benzene rings is 2. The molecular formula is C25H28N4O2. The van der Waals surface area contributed by atoms with Gasteiger partial charge in [-0.2, -0.15) is 0 Å². The molecular weight excluding hydrogens is 388 g/mol. The summed E-state index contributed by atoms with van der Waals surface area (Å²) in [4.78, 5) is 17.2. The first-order valence-corrected chi connectivity index (χ1v) is 11.0. The molecule has 2 fully saturated rings. The maximum absolute atomic E-state index is 12.4. The zero-order chi connectivity index (χ0) is 21.2. The molecule has 2 aliphatic rings. The molecule has 0 atom stereocenters. The van der Waals surface area contributed by atoms with E-state index in [1.807, 2.05) is 30.3 Å². The fourth-order valence-corrected chi connectivity index (χ4v) is 3.93. The lowest BCUT2D eigenvalue weighted by Crippen LogP contribution is -2.44. The highest BCUT2D eigenvalue weighted by molar-refractivity contribution is 5.95. The highest BCUT2D eigenvalue weighted by Crippen LogP contribution is 2.29. The van der Waals surface area contributed by atoms with Crippen molar-refractivity contribution in [3.8, 4) is 22.6 Å². The minimum absolute atomic E-state index is 0.0343. The minimum atomic E-state index is -0.0343. The van der Waals surface area contributed by atoms with Crippen LogP contribution >= 0.6 is 0 Å². The van der Waals surface area contributed by atoms with Crippen molar-refractivity contribution >= 4 is 11.6 Å². The highest BCUT2D eigenvalue weighted by Gasteiger charge is 2.22. The second-order valence-corrected chi connectivity index (χ2v) is 8.65. The van der Waals surface area contributed by atoms with Gasteiger partial charge in [-0.05, 0) is 50.1 Å². The smallest absolute Gasteiger partial charge is 0.251 e. The van der Waals surface area contributed by atoms with Crippen LogP contribution in [-0.2, 0) is 0 Å². The van der Waals surface area contributed by atoms with E-state index in [9.17, 15) is 4.79 Å². The monoisotopic (exact) mass is 416 g/mol. The zero-order valence-corrected chi connectivity index (χ0v) is 17.9. The number of nitrogens with zero attached hydrogens (tertiary/aromatic N) is 3. The fourth-order valence-electron chi connectivity index (χ4n) is 3.93. The molecule has 3 aromatic rings. The number of nitrogens with one attached hydrogen (secondary N) is 1. The third-order valence-corrected chi connectivity index (χ3v) is 6.20. The van der Waals surface area contributed by atoms with Gasteiger partial charge in [-0.15, -0.1) is 0 Å². The number of likely N-dealkylation sites (N-methyl/N-ethyl adjacent to an activating group) is 1. The maximum atomic E-state index is 12.4. The summed E-state index contributed by atoms with van der Waals surface area (Å²) >= 11 is 0. The molecule has 1 N–H and O–H groups in total. The van der Waals surface area contributed by atoms with Crippen LogP contribution in [-0.4, -0.2) is 55.7 Å². The molecule has 1 saturated heterocycles. The van der Waals surface area contributed by atoms with Crippen molar-refractivity contribution in [2.45, 2.75) is 12.8 Å². The predicted octanol–water partition coefficient (Wildman–Crippen LogP) is 3.90. The number of anilines is 1. The van der Waals surface area contributed by atoms with E-state index >= 15 is 0 Å². The third-order valence-electron chi connectivity index (χ3n) is 6.20. The first-order chi connectivity index (χ1) is 15.2. The normalized spacial score (nSPS) is 17.0. The number of carbonyl (C=O) groups is 1. The summed E-state index contributed by atoms with van der Waals surface area (Å²) in [5.74, 6) is 1.29. The molecule has 1 aliphatic heterocycles. The van der Waals surface area contributed by atoms with E-state index < -0.39 is 0 Å². The van der Waals surface area contributed by atoms with Gasteiger partial charge < -0.3 is 19.6 Å². The van der Waals surface area contributed by atoms with E-state index in [1.165, 1.54) is 18.5 Å². The maximum Gasteiger partial charge on any atom is 0.251 e. The quantitative estimate of drug-likeness (QED) is 0.660. The lowest BCUT2D eigenvalue weighted by molar-refractivity contribution is 0.0952. The Hall–Kier alpha value is -3.12.